The van der Waals surface area contributed by atoms with Gasteiger partial charge in [-0.05, 0) is 24.3 Å². The number of hydrogen-bond acceptors (Lipinski definition) is 7. The van der Waals surface area contributed by atoms with Gasteiger partial charge >= 0.3 is 17.9 Å². The summed E-state index contributed by atoms with van der Waals surface area (Å²) in [5, 5.41) is 0. The van der Waals surface area contributed by atoms with E-state index in [1.54, 1.807) is 0 Å². The number of Topliss-reactive ketones (excluding diaryl/α,β-unsaturated/α-hetero) is 1. The number of halogens is 1. The predicted octanol–water partition coefficient (Wildman–Crippen LogP) is 0.514. The van der Waals surface area contributed by atoms with Crippen LogP contribution in [0.4, 0.5) is 4.39 Å². The van der Waals surface area contributed by atoms with Crippen LogP contribution in [0.2, 0.25) is 0 Å². The van der Waals surface area contributed by atoms with Crippen LogP contribution in [0.1, 0.15) is 10.4 Å². The SMILES string of the molecule is COC(=O)C(=O)OC.COC(=O)C(=O)c1ccc(F)cc1. The van der Waals surface area contributed by atoms with Crippen molar-refractivity contribution in [3.63, 3.8) is 0 Å². The molecule has 0 radical (unpaired) electrons. The zero-order valence-electron chi connectivity index (χ0n) is 11.5. The molecule has 0 atom stereocenters. The largest absolute Gasteiger partial charge is 0.463 e. The third kappa shape index (κ3) is 6.28. The van der Waals surface area contributed by atoms with Gasteiger partial charge in [-0.3, -0.25) is 4.79 Å². The highest BCUT2D eigenvalue weighted by Crippen LogP contribution is 2.04. The van der Waals surface area contributed by atoms with Gasteiger partial charge in [0.2, 0.25) is 0 Å². The Morgan fingerprint density at radius 3 is 1.48 bits per heavy atom. The summed E-state index contributed by atoms with van der Waals surface area (Å²) in [6, 6.07) is 4.68. The molecule has 7 nitrogen and oxygen atoms in total. The average molecular weight is 300 g/mol. The Kier molecular flexibility index (Phi) is 7.97. The number of rotatable bonds is 2. The van der Waals surface area contributed by atoms with E-state index < -0.39 is 29.5 Å². The van der Waals surface area contributed by atoms with Gasteiger partial charge in [0.1, 0.15) is 5.82 Å². The summed E-state index contributed by atoms with van der Waals surface area (Å²) in [5.41, 5.74) is 0.119. The number of carbonyl (C=O) groups excluding carboxylic acids is 4. The van der Waals surface area contributed by atoms with E-state index in [1.165, 1.54) is 12.1 Å². The molecule has 0 N–H and O–H groups in total. The molecule has 1 aromatic rings. The van der Waals surface area contributed by atoms with Crippen molar-refractivity contribution in [3.05, 3.63) is 35.6 Å². The lowest BCUT2D eigenvalue weighted by atomic mass is 10.1. The molecule has 0 heterocycles. The van der Waals surface area contributed by atoms with Crippen molar-refractivity contribution in [3.8, 4) is 0 Å². The van der Waals surface area contributed by atoms with Crippen LogP contribution in [0.15, 0.2) is 24.3 Å². The normalized spacial score (nSPS) is 8.76. The maximum Gasteiger partial charge on any atom is 0.417 e. The second-order valence-electron chi connectivity index (χ2n) is 3.31. The number of esters is 3. The number of benzene rings is 1. The summed E-state index contributed by atoms with van der Waals surface area (Å²) in [6.07, 6.45) is 0. The van der Waals surface area contributed by atoms with Gasteiger partial charge in [0.15, 0.2) is 0 Å². The molecular formula is C13H13FO7. The third-order valence-electron chi connectivity index (χ3n) is 2.01. The van der Waals surface area contributed by atoms with E-state index in [9.17, 15) is 23.6 Å². The molecule has 114 valence electrons. The molecule has 0 aliphatic rings. The minimum Gasteiger partial charge on any atom is -0.463 e. The molecule has 0 spiro atoms. The number of ketones is 1. The smallest absolute Gasteiger partial charge is 0.417 e. The molecule has 0 saturated heterocycles. The monoisotopic (exact) mass is 300 g/mol. The highest BCUT2D eigenvalue weighted by atomic mass is 19.1. The van der Waals surface area contributed by atoms with E-state index in [4.69, 9.17) is 0 Å². The quantitative estimate of drug-likeness (QED) is 0.340. The van der Waals surface area contributed by atoms with E-state index in [-0.39, 0.29) is 5.56 Å². The topological polar surface area (TPSA) is 96.0 Å². The summed E-state index contributed by atoms with van der Waals surface area (Å²) < 4.78 is 24.6. The lowest BCUT2D eigenvalue weighted by molar-refractivity contribution is -0.164. The molecule has 0 bridgehead atoms. The van der Waals surface area contributed by atoms with Crippen LogP contribution in [-0.4, -0.2) is 45.0 Å². The van der Waals surface area contributed by atoms with Crippen molar-refractivity contribution >= 4 is 23.7 Å². The molecule has 0 aliphatic carbocycles. The van der Waals surface area contributed by atoms with E-state index in [2.05, 4.69) is 14.2 Å². The Bertz CT molecular complexity index is 508. The van der Waals surface area contributed by atoms with Crippen molar-refractivity contribution in [2.75, 3.05) is 21.3 Å². The molecule has 0 aromatic heterocycles. The van der Waals surface area contributed by atoms with Gasteiger partial charge in [0, 0.05) is 5.56 Å². The number of methoxy groups -OCH3 is 3. The van der Waals surface area contributed by atoms with Crippen molar-refractivity contribution in [2.24, 2.45) is 0 Å². The number of hydrogen-bond donors (Lipinski definition) is 0. The Morgan fingerprint density at radius 1 is 0.762 bits per heavy atom. The van der Waals surface area contributed by atoms with Crippen LogP contribution in [0.3, 0.4) is 0 Å². The molecule has 1 aromatic carbocycles. The van der Waals surface area contributed by atoms with Crippen LogP contribution in [0, 0.1) is 5.82 Å². The molecule has 1 rings (SSSR count). The average Bonchev–Trinajstić information content (AvgIpc) is 2.53. The molecule has 0 fully saturated rings. The van der Waals surface area contributed by atoms with E-state index in [0.29, 0.717) is 0 Å². The maximum absolute atomic E-state index is 12.4. The first kappa shape index (κ1) is 18.2. The minimum atomic E-state index is -0.979. The zero-order valence-corrected chi connectivity index (χ0v) is 11.5. The lowest BCUT2D eigenvalue weighted by Crippen LogP contribution is -2.16. The van der Waals surface area contributed by atoms with Gasteiger partial charge in [0.25, 0.3) is 5.78 Å². The van der Waals surface area contributed by atoms with E-state index in [0.717, 1.165) is 33.5 Å². The fourth-order valence-corrected chi connectivity index (χ4v) is 0.978. The van der Waals surface area contributed by atoms with E-state index in [1.807, 2.05) is 0 Å². The van der Waals surface area contributed by atoms with E-state index >= 15 is 0 Å². The maximum atomic E-state index is 12.4. The first-order valence-electron chi connectivity index (χ1n) is 5.41. The second-order valence-corrected chi connectivity index (χ2v) is 3.31. The van der Waals surface area contributed by atoms with Gasteiger partial charge in [-0.15, -0.1) is 0 Å². The molecular weight excluding hydrogens is 287 g/mol. The zero-order chi connectivity index (χ0) is 16.4. The van der Waals surface area contributed by atoms with Crippen LogP contribution in [0.25, 0.3) is 0 Å². The van der Waals surface area contributed by atoms with Crippen molar-refractivity contribution in [1.82, 2.24) is 0 Å². The minimum absolute atomic E-state index is 0.119. The third-order valence-corrected chi connectivity index (χ3v) is 2.01. The van der Waals surface area contributed by atoms with Gasteiger partial charge in [-0.1, -0.05) is 0 Å². The number of ether oxygens (including phenoxy) is 3. The Labute approximate surface area is 119 Å². The summed E-state index contributed by atoms with van der Waals surface area (Å²) in [4.78, 5) is 41.9. The van der Waals surface area contributed by atoms with Gasteiger partial charge < -0.3 is 14.2 Å². The van der Waals surface area contributed by atoms with Gasteiger partial charge in [0.05, 0.1) is 21.3 Å². The summed E-state index contributed by atoms with van der Waals surface area (Å²) in [5.74, 6) is -4.14. The van der Waals surface area contributed by atoms with Crippen molar-refractivity contribution in [1.29, 1.82) is 0 Å². The highest BCUT2D eigenvalue weighted by Gasteiger charge is 2.15. The van der Waals surface area contributed by atoms with Crippen molar-refractivity contribution < 1.29 is 37.8 Å². The summed E-state index contributed by atoms with van der Waals surface area (Å²) in [7, 11) is 3.34. The summed E-state index contributed by atoms with van der Waals surface area (Å²) >= 11 is 0. The fourth-order valence-electron chi connectivity index (χ4n) is 0.978. The van der Waals surface area contributed by atoms with Crippen LogP contribution >= 0.6 is 0 Å². The molecule has 8 heteroatoms. The molecule has 0 amide bonds. The van der Waals surface area contributed by atoms with Crippen LogP contribution in [0.5, 0.6) is 0 Å². The first-order chi connectivity index (χ1) is 9.87. The fraction of sp³-hybridized carbons (Fsp3) is 0.231. The predicted molar refractivity (Wildman–Crippen MR) is 66.8 cm³/mol. The van der Waals surface area contributed by atoms with Gasteiger partial charge in [-0.2, -0.15) is 0 Å². The van der Waals surface area contributed by atoms with Gasteiger partial charge in [-0.25, -0.2) is 18.8 Å². The molecule has 0 saturated carbocycles. The lowest BCUT2D eigenvalue weighted by Gasteiger charge is -1.97. The Hall–Kier alpha value is -2.77. The highest BCUT2D eigenvalue weighted by molar-refractivity contribution is 6.40. The summed E-state index contributed by atoms with van der Waals surface area (Å²) in [6.45, 7) is 0. The first-order valence-corrected chi connectivity index (χ1v) is 5.41. The van der Waals surface area contributed by atoms with Crippen LogP contribution in [-0.2, 0) is 28.6 Å². The number of carbonyl (C=O) groups is 4. The Morgan fingerprint density at radius 2 is 1.14 bits per heavy atom. The standard InChI is InChI=1S/C9H7FO3.C4H6O4/c1-13-9(12)8(11)6-2-4-7(10)5-3-6;1-7-3(5)4(6)8-2/h2-5H,1H3;1-2H3. The van der Waals surface area contributed by atoms with Crippen LogP contribution < -0.4 is 0 Å². The molecule has 21 heavy (non-hydrogen) atoms. The van der Waals surface area contributed by atoms with Crippen molar-refractivity contribution in [2.45, 2.75) is 0 Å². The Balaban J connectivity index is 0.000000433. The molecule has 0 aliphatic heterocycles. The second kappa shape index (κ2) is 9.18. The molecule has 0 unspecified atom stereocenters.